The Kier molecular flexibility index (Phi) is 5.57. The number of H-pyrrole nitrogens is 1. The molecule has 1 amide bonds. The smallest absolute Gasteiger partial charge is 0.254 e. The van der Waals surface area contributed by atoms with Crippen molar-refractivity contribution in [1.82, 2.24) is 19.8 Å². The lowest BCUT2D eigenvalue weighted by Gasteiger charge is -2.23. The first-order chi connectivity index (χ1) is 10.8. The van der Waals surface area contributed by atoms with Gasteiger partial charge in [0.1, 0.15) is 5.82 Å². The molecule has 1 aliphatic rings. The highest BCUT2D eigenvalue weighted by Crippen LogP contribution is 2.24. The highest BCUT2D eigenvalue weighted by Gasteiger charge is 2.34. The second kappa shape index (κ2) is 7.25. The second-order valence-corrected chi connectivity index (χ2v) is 6.71. The van der Waals surface area contributed by atoms with Crippen molar-refractivity contribution in [2.24, 2.45) is 5.92 Å². The molecule has 1 aromatic heterocycles. The van der Waals surface area contributed by atoms with Gasteiger partial charge in [-0.15, -0.1) is 0 Å². The second-order valence-electron chi connectivity index (χ2n) is 6.71. The number of nitrogens with zero attached hydrogens (tertiary/aromatic N) is 3. The molecule has 128 valence electrons. The molecule has 1 aliphatic heterocycles. The van der Waals surface area contributed by atoms with Crippen LogP contribution >= 0.6 is 0 Å². The Morgan fingerprint density at radius 3 is 2.57 bits per heavy atom. The van der Waals surface area contributed by atoms with Crippen LogP contribution in [0, 0.1) is 19.8 Å². The van der Waals surface area contributed by atoms with Gasteiger partial charge in [-0.05, 0) is 40.3 Å². The molecule has 1 fully saturated rings. The number of carbonyl (C=O) groups excluding carboxylic acids is 1. The number of likely N-dealkylation sites (tertiary alicyclic amines) is 1. The van der Waals surface area contributed by atoms with E-state index in [1.54, 1.807) is 6.92 Å². The van der Waals surface area contributed by atoms with Gasteiger partial charge in [-0.2, -0.15) is 0 Å². The van der Waals surface area contributed by atoms with Gasteiger partial charge < -0.3 is 14.8 Å². The maximum Gasteiger partial charge on any atom is 0.254 e. The minimum Gasteiger partial charge on any atom is -0.341 e. The van der Waals surface area contributed by atoms with E-state index < -0.39 is 0 Å². The number of hydrogen-bond acceptors (Lipinski definition) is 4. The molecular weight excluding hydrogens is 292 g/mol. The summed E-state index contributed by atoms with van der Waals surface area (Å²) in [4.78, 5) is 35.7. The summed E-state index contributed by atoms with van der Waals surface area (Å²) in [6.45, 7) is 7.37. The number of nitrogens with one attached hydrogen (secondary N) is 1. The maximum absolute atomic E-state index is 12.5. The molecule has 0 saturated carbocycles. The van der Waals surface area contributed by atoms with Crippen LogP contribution in [-0.2, 0) is 11.2 Å². The monoisotopic (exact) mass is 320 g/mol. The van der Waals surface area contributed by atoms with E-state index in [0.717, 1.165) is 25.2 Å². The number of rotatable bonds is 5. The van der Waals surface area contributed by atoms with Crippen LogP contribution in [0.25, 0.3) is 0 Å². The van der Waals surface area contributed by atoms with Crippen molar-refractivity contribution in [3.8, 4) is 0 Å². The van der Waals surface area contributed by atoms with Crippen molar-refractivity contribution in [3.05, 3.63) is 27.4 Å². The van der Waals surface area contributed by atoms with Crippen LogP contribution in [0.5, 0.6) is 0 Å². The lowest BCUT2D eigenvalue weighted by atomic mass is 10.0. The first kappa shape index (κ1) is 17.7. The molecule has 0 aliphatic carbocycles. The van der Waals surface area contributed by atoms with Crippen LogP contribution in [0.4, 0.5) is 0 Å². The largest absolute Gasteiger partial charge is 0.341 e. The Balaban J connectivity index is 2.00. The Bertz CT molecular complexity index is 624. The third-order valence-electron chi connectivity index (χ3n) is 4.88. The molecular formula is C17H28N4O2. The fourth-order valence-electron chi connectivity index (χ4n) is 3.48. The molecule has 1 N–H and O–H groups in total. The average molecular weight is 320 g/mol. The Morgan fingerprint density at radius 2 is 2.04 bits per heavy atom. The van der Waals surface area contributed by atoms with Crippen LogP contribution in [0.3, 0.4) is 0 Å². The topological polar surface area (TPSA) is 69.3 Å². The van der Waals surface area contributed by atoms with Crippen LogP contribution in [0.1, 0.15) is 36.8 Å². The zero-order valence-corrected chi connectivity index (χ0v) is 14.8. The molecule has 6 heteroatoms. The van der Waals surface area contributed by atoms with Crippen molar-refractivity contribution in [2.75, 3.05) is 27.2 Å². The van der Waals surface area contributed by atoms with Crippen molar-refractivity contribution < 1.29 is 4.79 Å². The summed E-state index contributed by atoms with van der Waals surface area (Å²) in [6.07, 6.45) is 1.89. The molecule has 1 saturated heterocycles. The summed E-state index contributed by atoms with van der Waals surface area (Å²) in [6, 6.07) is 0.426. The highest BCUT2D eigenvalue weighted by atomic mass is 16.2. The van der Waals surface area contributed by atoms with Crippen LogP contribution in [0.15, 0.2) is 4.79 Å². The van der Waals surface area contributed by atoms with E-state index in [1.165, 1.54) is 0 Å². The van der Waals surface area contributed by atoms with Gasteiger partial charge in [0.15, 0.2) is 0 Å². The van der Waals surface area contributed by atoms with Gasteiger partial charge in [-0.3, -0.25) is 9.59 Å². The standard InChI is InChI=1S/C17H28N4O2/c1-6-13-9-21(10-15(13)20(4)5)16(22)8-7-14-11(2)18-12(3)19-17(14)23/h13,15H,6-10H2,1-5H3,(H,18,19,23)/t13-,15-/m0/s1. The minimum absolute atomic E-state index is 0.123. The molecule has 0 unspecified atom stereocenters. The van der Waals surface area contributed by atoms with Crippen LogP contribution in [-0.4, -0.2) is 58.9 Å². The molecule has 0 spiro atoms. The molecule has 0 bridgehead atoms. The Labute approximate surface area is 137 Å². The van der Waals surface area contributed by atoms with Gasteiger partial charge in [-0.25, -0.2) is 4.98 Å². The summed E-state index contributed by atoms with van der Waals surface area (Å²) in [5.41, 5.74) is 1.22. The van der Waals surface area contributed by atoms with Gasteiger partial charge in [-0.1, -0.05) is 13.3 Å². The summed E-state index contributed by atoms with van der Waals surface area (Å²) in [5, 5.41) is 0. The first-order valence-electron chi connectivity index (χ1n) is 8.34. The number of amides is 1. The van der Waals surface area contributed by atoms with E-state index in [4.69, 9.17) is 0 Å². The van der Waals surface area contributed by atoms with E-state index in [-0.39, 0.29) is 11.5 Å². The summed E-state index contributed by atoms with van der Waals surface area (Å²) >= 11 is 0. The predicted octanol–water partition coefficient (Wildman–Crippen LogP) is 1.12. The molecule has 23 heavy (non-hydrogen) atoms. The molecule has 2 rings (SSSR count). The van der Waals surface area contributed by atoms with Gasteiger partial charge in [0.25, 0.3) is 5.56 Å². The maximum atomic E-state index is 12.5. The van der Waals surface area contributed by atoms with Gasteiger partial charge in [0.05, 0.1) is 0 Å². The van der Waals surface area contributed by atoms with E-state index >= 15 is 0 Å². The first-order valence-corrected chi connectivity index (χ1v) is 8.34. The number of hydrogen-bond donors (Lipinski definition) is 1. The van der Waals surface area contributed by atoms with Crippen LogP contribution in [0.2, 0.25) is 0 Å². The lowest BCUT2D eigenvalue weighted by molar-refractivity contribution is -0.130. The van der Waals surface area contributed by atoms with Gasteiger partial charge >= 0.3 is 0 Å². The minimum atomic E-state index is -0.123. The number of carbonyl (C=O) groups is 1. The van der Waals surface area contributed by atoms with E-state index in [1.807, 2.05) is 11.8 Å². The fraction of sp³-hybridized carbons (Fsp3) is 0.706. The highest BCUT2D eigenvalue weighted by molar-refractivity contribution is 5.76. The van der Waals surface area contributed by atoms with E-state index in [0.29, 0.717) is 36.2 Å². The molecule has 0 aromatic carbocycles. The number of aromatic nitrogens is 2. The zero-order valence-electron chi connectivity index (χ0n) is 14.8. The number of aryl methyl sites for hydroxylation is 2. The SMILES string of the molecule is CC[C@H]1CN(C(=O)CCc2c(C)nc(C)[nH]c2=O)C[C@@H]1N(C)C. The van der Waals surface area contributed by atoms with Gasteiger partial charge in [0, 0.05) is 36.8 Å². The lowest BCUT2D eigenvalue weighted by Crippen LogP contribution is -2.36. The summed E-state index contributed by atoms with van der Waals surface area (Å²) in [5.74, 6) is 1.27. The summed E-state index contributed by atoms with van der Waals surface area (Å²) < 4.78 is 0. The van der Waals surface area contributed by atoms with Crippen molar-refractivity contribution in [2.45, 2.75) is 46.1 Å². The van der Waals surface area contributed by atoms with Crippen molar-refractivity contribution in [3.63, 3.8) is 0 Å². The number of aromatic amines is 1. The Hall–Kier alpha value is -1.69. The molecule has 1 aromatic rings. The molecule has 0 radical (unpaired) electrons. The van der Waals surface area contributed by atoms with Crippen molar-refractivity contribution >= 4 is 5.91 Å². The zero-order chi connectivity index (χ0) is 17.1. The molecule has 6 nitrogen and oxygen atoms in total. The third kappa shape index (κ3) is 3.99. The average Bonchev–Trinajstić information content (AvgIpc) is 2.90. The van der Waals surface area contributed by atoms with E-state index in [9.17, 15) is 9.59 Å². The van der Waals surface area contributed by atoms with Crippen LogP contribution < -0.4 is 5.56 Å². The molecule has 2 atom stereocenters. The third-order valence-corrected chi connectivity index (χ3v) is 4.88. The van der Waals surface area contributed by atoms with Gasteiger partial charge in [0.2, 0.25) is 5.91 Å². The quantitative estimate of drug-likeness (QED) is 0.882. The summed E-state index contributed by atoms with van der Waals surface area (Å²) in [7, 11) is 4.14. The molecule has 2 heterocycles. The normalized spacial score (nSPS) is 21.2. The van der Waals surface area contributed by atoms with Crippen molar-refractivity contribution in [1.29, 1.82) is 0 Å². The predicted molar refractivity (Wildman–Crippen MR) is 90.5 cm³/mol. The Morgan fingerprint density at radius 1 is 1.35 bits per heavy atom. The van der Waals surface area contributed by atoms with E-state index in [2.05, 4.69) is 35.9 Å². The fourth-order valence-corrected chi connectivity index (χ4v) is 3.48. The number of likely N-dealkylation sites (N-methyl/N-ethyl adjacent to an activating group) is 1.